The van der Waals surface area contributed by atoms with E-state index < -0.39 is 0 Å². The summed E-state index contributed by atoms with van der Waals surface area (Å²) in [6.45, 7) is 6.89. The second kappa shape index (κ2) is 7.18. The lowest BCUT2D eigenvalue weighted by Crippen LogP contribution is -2.36. The van der Waals surface area contributed by atoms with Gasteiger partial charge in [0, 0.05) is 43.9 Å². The second-order valence-corrected chi connectivity index (χ2v) is 7.15. The summed E-state index contributed by atoms with van der Waals surface area (Å²) >= 11 is 0. The summed E-state index contributed by atoms with van der Waals surface area (Å²) in [6, 6.07) is 8.42. The number of aryl methyl sites for hydroxylation is 1. The summed E-state index contributed by atoms with van der Waals surface area (Å²) in [6.07, 6.45) is 3.20. The van der Waals surface area contributed by atoms with Gasteiger partial charge >= 0.3 is 0 Å². The van der Waals surface area contributed by atoms with E-state index in [0.29, 0.717) is 5.92 Å². The highest BCUT2D eigenvalue weighted by atomic mass is 16.5. The van der Waals surface area contributed by atoms with Gasteiger partial charge in [0.05, 0.1) is 18.9 Å². The Morgan fingerprint density at radius 1 is 1.32 bits per heavy atom. The largest absolute Gasteiger partial charge is 0.493 e. The van der Waals surface area contributed by atoms with Gasteiger partial charge in [-0.25, -0.2) is 0 Å². The van der Waals surface area contributed by atoms with Gasteiger partial charge in [0.15, 0.2) is 0 Å². The number of benzene rings is 1. The number of rotatable bonds is 4. The average Bonchev–Trinajstić information content (AvgIpc) is 2.86. The molecule has 1 aromatic carbocycles. The maximum atomic E-state index is 9.65. The smallest absolute Gasteiger partial charge is 0.122 e. The van der Waals surface area contributed by atoms with Crippen LogP contribution in [0.3, 0.4) is 0 Å². The zero-order valence-electron chi connectivity index (χ0n) is 14.9. The number of fused-ring (bicyclic) bond motifs is 2. The number of aliphatic hydroxyl groups excluding tert-OH is 1. The Kier molecular flexibility index (Phi) is 4.77. The van der Waals surface area contributed by atoms with Gasteiger partial charge in [-0.15, -0.1) is 0 Å². The highest BCUT2D eigenvalue weighted by Gasteiger charge is 2.26. The Hall–Kier alpha value is -1.85. The lowest BCUT2D eigenvalue weighted by Gasteiger charge is -2.30. The molecule has 134 valence electrons. The SMILES string of the molecule is CCn1nc(CO)c2c1CCN(C[C@@H]1CCOc3ccccc3C1)C2. The molecule has 0 bridgehead atoms. The lowest BCUT2D eigenvalue weighted by atomic mass is 9.95. The zero-order chi connectivity index (χ0) is 17.2. The predicted molar refractivity (Wildman–Crippen MR) is 96.6 cm³/mol. The first-order valence-corrected chi connectivity index (χ1v) is 9.39. The minimum Gasteiger partial charge on any atom is -0.493 e. The summed E-state index contributed by atoms with van der Waals surface area (Å²) < 4.78 is 7.98. The van der Waals surface area contributed by atoms with Crippen LogP contribution in [-0.4, -0.2) is 39.5 Å². The summed E-state index contributed by atoms with van der Waals surface area (Å²) in [7, 11) is 0. The zero-order valence-corrected chi connectivity index (χ0v) is 14.9. The molecule has 3 heterocycles. The number of hydrogen-bond acceptors (Lipinski definition) is 4. The van der Waals surface area contributed by atoms with Crippen molar-refractivity contribution in [3.05, 3.63) is 46.8 Å². The van der Waals surface area contributed by atoms with E-state index in [1.54, 1.807) is 0 Å². The van der Waals surface area contributed by atoms with Gasteiger partial charge in [-0.2, -0.15) is 5.10 Å². The third-order valence-electron chi connectivity index (χ3n) is 5.53. The number of aliphatic hydroxyl groups is 1. The Bertz CT molecular complexity index is 741. The van der Waals surface area contributed by atoms with Crippen LogP contribution in [0.1, 0.15) is 35.9 Å². The maximum absolute atomic E-state index is 9.65. The molecule has 0 amide bonds. The van der Waals surface area contributed by atoms with Crippen LogP contribution in [0.5, 0.6) is 5.75 Å². The van der Waals surface area contributed by atoms with Crippen LogP contribution in [0.2, 0.25) is 0 Å². The van der Waals surface area contributed by atoms with Crippen molar-refractivity contribution in [1.29, 1.82) is 0 Å². The predicted octanol–water partition coefficient (Wildman–Crippen LogP) is 2.39. The molecule has 0 radical (unpaired) electrons. The summed E-state index contributed by atoms with van der Waals surface area (Å²) in [4.78, 5) is 2.53. The van der Waals surface area contributed by atoms with Crippen molar-refractivity contribution in [3.63, 3.8) is 0 Å². The summed E-state index contributed by atoms with van der Waals surface area (Å²) in [5, 5.41) is 14.2. The summed E-state index contributed by atoms with van der Waals surface area (Å²) in [5.74, 6) is 1.67. The van der Waals surface area contributed by atoms with Crippen LogP contribution in [-0.2, 0) is 32.5 Å². The molecule has 5 heteroatoms. The highest BCUT2D eigenvalue weighted by molar-refractivity contribution is 5.34. The summed E-state index contributed by atoms with van der Waals surface area (Å²) in [5.41, 5.74) is 4.76. The fourth-order valence-electron chi connectivity index (χ4n) is 4.25. The van der Waals surface area contributed by atoms with Crippen molar-refractivity contribution < 1.29 is 9.84 Å². The molecule has 0 unspecified atom stereocenters. The molecule has 2 aromatic rings. The Morgan fingerprint density at radius 3 is 3.04 bits per heavy atom. The molecular formula is C20H27N3O2. The van der Waals surface area contributed by atoms with Crippen LogP contribution in [0.4, 0.5) is 0 Å². The van der Waals surface area contributed by atoms with Crippen LogP contribution in [0.25, 0.3) is 0 Å². The molecule has 0 fully saturated rings. The van der Waals surface area contributed by atoms with Crippen molar-refractivity contribution >= 4 is 0 Å². The standard InChI is InChI=1S/C20H27N3O2/c1-2-23-19-7-9-22(13-17(19)18(14-24)21-23)12-15-8-10-25-20-6-4-3-5-16(20)11-15/h3-6,15,24H,2,7-14H2,1H3/t15-/m1/s1. The Balaban J connectivity index is 1.47. The molecule has 1 N–H and O–H groups in total. The second-order valence-electron chi connectivity index (χ2n) is 7.15. The van der Waals surface area contributed by atoms with Crippen molar-refractivity contribution in [3.8, 4) is 5.75 Å². The van der Waals surface area contributed by atoms with Crippen LogP contribution in [0.15, 0.2) is 24.3 Å². The normalized spacial score (nSPS) is 20.5. The van der Waals surface area contributed by atoms with Crippen molar-refractivity contribution in [2.24, 2.45) is 5.92 Å². The van der Waals surface area contributed by atoms with Gasteiger partial charge < -0.3 is 9.84 Å². The third kappa shape index (κ3) is 3.31. The van der Waals surface area contributed by atoms with Gasteiger partial charge in [0.1, 0.15) is 5.75 Å². The maximum Gasteiger partial charge on any atom is 0.122 e. The lowest BCUT2D eigenvalue weighted by molar-refractivity contribution is 0.192. The number of aromatic nitrogens is 2. The molecular weight excluding hydrogens is 314 g/mol. The fourth-order valence-corrected chi connectivity index (χ4v) is 4.25. The molecule has 2 aliphatic rings. The van der Waals surface area contributed by atoms with Crippen molar-refractivity contribution in [2.45, 2.75) is 45.9 Å². The third-order valence-corrected chi connectivity index (χ3v) is 5.53. The van der Waals surface area contributed by atoms with Gasteiger partial charge in [0.2, 0.25) is 0 Å². The Labute approximate surface area is 149 Å². The number of hydrogen-bond donors (Lipinski definition) is 1. The van der Waals surface area contributed by atoms with Gasteiger partial charge in [-0.3, -0.25) is 9.58 Å². The van der Waals surface area contributed by atoms with Gasteiger partial charge in [0.25, 0.3) is 0 Å². The Morgan fingerprint density at radius 2 is 2.20 bits per heavy atom. The van der Waals surface area contributed by atoms with Crippen molar-refractivity contribution in [2.75, 3.05) is 19.7 Å². The van der Waals surface area contributed by atoms with E-state index in [0.717, 1.165) is 63.5 Å². The quantitative estimate of drug-likeness (QED) is 0.928. The molecule has 25 heavy (non-hydrogen) atoms. The van der Waals surface area contributed by atoms with E-state index in [4.69, 9.17) is 4.74 Å². The molecule has 2 aliphatic heterocycles. The van der Waals surface area contributed by atoms with Crippen LogP contribution >= 0.6 is 0 Å². The molecule has 0 spiro atoms. The van der Waals surface area contributed by atoms with E-state index >= 15 is 0 Å². The molecule has 0 aliphatic carbocycles. The van der Waals surface area contributed by atoms with E-state index in [1.165, 1.54) is 16.8 Å². The molecule has 1 aromatic heterocycles. The van der Waals surface area contributed by atoms with E-state index in [1.807, 2.05) is 6.07 Å². The van der Waals surface area contributed by atoms with Crippen LogP contribution < -0.4 is 4.74 Å². The first-order valence-electron chi connectivity index (χ1n) is 9.39. The van der Waals surface area contributed by atoms with Gasteiger partial charge in [-0.05, 0) is 37.3 Å². The number of nitrogens with zero attached hydrogens (tertiary/aromatic N) is 3. The topological polar surface area (TPSA) is 50.5 Å². The molecule has 0 saturated carbocycles. The average molecular weight is 341 g/mol. The number of ether oxygens (including phenoxy) is 1. The minimum atomic E-state index is 0.0355. The molecule has 0 saturated heterocycles. The molecule has 1 atom stereocenters. The fraction of sp³-hybridized carbons (Fsp3) is 0.550. The molecule has 4 rings (SSSR count). The van der Waals surface area contributed by atoms with Gasteiger partial charge in [-0.1, -0.05) is 18.2 Å². The van der Waals surface area contributed by atoms with E-state index in [9.17, 15) is 5.11 Å². The first kappa shape index (κ1) is 16.6. The molecule has 5 nitrogen and oxygen atoms in total. The van der Waals surface area contributed by atoms with E-state index in [2.05, 4.69) is 39.8 Å². The van der Waals surface area contributed by atoms with Crippen molar-refractivity contribution in [1.82, 2.24) is 14.7 Å². The minimum absolute atomic E-state index is 0.0355. The monoisotopic (exact) mass is 341 g/mol. The highest BCUT2D eigenvalue weighted by Crippen LogP contribution is 2.29. The van der Waals surface area contributed by atoms with Crippen LogP contribution in [0, 0.1) is 5.92 Å². The van der Waals surface area contributed by atoms with E-state index in [-0.39, 0.29) is 6.61 Å². The number of para-hydroxylation sites is 1. The first-order chi connectivity index (χ1) is 12.3.